The summed E-state index contributed by atoms with van der Waals surface area (Å²) in [4.78, 5) is 11.4. The number of thiol groups is 1. The van der Waals surface area contributed by atoms with E-state index >= 15 is 0 Å². The predicted octanol–water partition coefficient (Wildman–Crippen LogP) is 1.04. The van der Waals surface area contributed by atoms with Crippen LogP contribution in [0.5, 0.6) is 0 Å². The molecule has 1 aromatic rings. The zero-order chi connectivity index (χ0) is 9.68. The van der Waals surface area contributed by atoms with E-state index in [1.807, 2.05) is 6.07 Å². The van der Waals surface area contributed by atoms with Gasteiger partial charge < -0.3 is 4.57 Å². The molecule has 0 aliphatic carbocycles. The zero-order valence-electron chi connectivity index (χ0n) is 7.10. The fraction of sp³-hybridized carbons (Fsp3) is 0.333. The highest BCUT2D eigenvalue weighted by Gasteiger charge is 2.00. The Morgan fingerprint density at radius 2 is 2.38 bits per heavy atom. The highest BCUT2D eigenvalue weighted by molar-refractivity contribution is 7.80. The van der Waals surface area contributed by atoms with Gasteiger partial charge in [-0.15, -0.1) is 0 Å². The Morgan fingerprint density at radius 3 is 3.00 bits per heavy atom. The summed E-state index contributed by atoms with van der Waals surface area (Å²) in [5.74, 6) is 0.739. The molecule has 3 nitrogen and oxygen atoms in total. The maximum absolute atomic E-state index is 11.4. The van der Waals surface area contributed by atoms with Crippen molar-refractivity contribution >= 4 is 12.6 Å². The van der Waals surface area contributed by atoms with Crippen molar-refractivity contribution < 1.29 is 0 Å². The van der Waals surface area contributed by atoms with Gasteiger partial charge in [-0.2, -0.15) is 17.9 Å². The topological polar surface area (TPSA) is 45.8 Å². The van der Waals surface area contributed by atoms with Crippen LogP contribution in [-0.2, 0) is 6.54 Å². The number of pyridine rings is 1. The molecular weight excluding hydrogens is 184 g/mol. The summed E-state index contributed by atoms with van der Waals surface area (Å²) in [6.07, 6.45) is 2.52. The lowest BCUT2D eigenvalue weighted by Crippen LogP contribution is -2.21. The molecule has 0 aromatic carbocycles. The van der Waals surface area contributed by atoms with Crippen molar-refractivity contribution in [2.75, 3.05) is 5.75 Å². The molecule has 1 rings (SSSR count). The lowest BCUT2D eigenvalue weighted by Gasteiger charge is -2.02. The van der Waals surface area contributed by atoms with Crippen LogP contribution in [0.25, 0.3) is 0 Å². The van der Waals surface area contributed by atoms with Crippen LogP contribution in [0.2, 0.25) is 0 Å². The molecule has 0 aliphatic rings. The molecule has 0 amide bonds. The number of aromatic nitrogens is 1. The fourth-order valence-electron chi connectivity index (χ4n) is 1.04. The molecule has 0 unspecified atom stereocenters. The average Bonchev–Trinajstić information content (AvgIpc) is 2.16. The molecule has 0 saturated carbocycles. The minimum Gasteiger partial charge on any atom is -0.314 e. The Kier molecular flexibility index (Phi) is 3.59. The molecule has 68 valence electrons. The van der Waals surface area contributed by atoms with E-state index in [9.17, 15) is 4.79 Å². The second-order valence-corrected chi connectivity index (χ2v) is 3.06. The highest BCUT2D eigenvalue weighted by atomic mass is 32.1. The first kappa shape index (κ1) is 9.87. The molecule has 0 fully saturated rings. The predicted molar refractivity (Wildman–Crippen MR) is 53.9 cm³/mol. The number of rotatable bonds is 3. The molecule has 13 heavy (non-hydrogen) atoms. The fourth-order valence-corrected chi connectivity index (χ4v) is 1.18. The molecule has 0 bridgehead atoms. The summed E-state index contributed by atoms with van der Waals surface area (Å²) < 4.78 is 1.54. The van der Waals surface area contributed by atoms with Crippen LogP contribution >= 0.6 is 12.6 Å². The van der Waals surface area contributed by atoms with Crippen molar-refractivity contribution in [2.24, 2.45) is 0 Å². The Labute approximate surface area is 82.0 Å². The Bertz CT molecular complexity index is 378. The molecule has 0 spiro atoms. The Morgan fingerprint density at radius 1 is 1.62 bits per heavy atom. The zero-order valence-corrected chi connectivity index (χ0v) is 8.00. The van der Waals surface area contributed by atoms with Crippen LogP contribution in [0.15, 0.2) is 23.1 Å². The van der Waals surface area contributed by atoms with Gasteiger partial charge >= 0.3 is 0 Å². The van der Waals surface area contributed by atoms with Crippen LogP contribution in [-0.4, -0.2) is 10.3 Å². The van der Waals surface area contributed by atoms with E-state index in [-0.39, 0.29) is 11.1 Å². The molecule has 0 aliphatic heterocycles. The molecule has 0 radical (unpaired) electrons. The first-order valence-electron chi connectivity index (χ1n) is 4.00. The first-order chi connectivity index (χ1) is 6.29. The first-order valence-corrected chi connectivity index (χ1v) is 4.63. The maximum Gasteiger partial charge on any atom is 0.268 e. The van der Waals surface area contributed by atoms with Crippen molar-refractivity contribution in [1.29, 1.82) is 5.26 Å². The van der Waals surface area contributed by atoms with Gasteiger partial charge in [0.2, 0.25) is 0 Å². The lowest BCUT2D eigenvalue weighted by atomic mass is 10.3. The summed E-state index contributed by atoms with van der Waals surface area (Å²) in [6, 6.07) is 5.09. The molecule has 0 N–H and O–H groups in total. The second-order valence-electron chi connectivity index (χ2n) is 2.61. The molecule has 1 aromatic heterocycles. The summed E-state index contributed by atoms with van der Waals surface area (Å²) in [5.41, 5.74) is -0.0200. The molecule has 4 heteroatoms. The number of nitrogens with zero attached hydrogens (tertiary/aromatic N) is 2. The van der Waals surface area contributed by atoms with Crippen molar-refractivity contribution in [3.63, 3.8) is 0 Å². The minimum atomic E-state index is -0.216. The van der Waals surface area contributed by atoms with Gasteiger partial charge in [-0.25, -0.2) is 0 Å². The third-order valence-corrected chi connectivity index (χ3v) is 2.01. The van der Waals surface area contributed by atoms with Gasteiger partial charge in [0.25, 0.3) is 5.56 Å². The smallest absolute Gasteiger partial charge is 0.268 e. The molecule has 0 saturated heterocycles. The van der Waals surface area contributed by atoms with E-state index in [0.29, 0.717) is 6.54 Å². The van der Waals surface area contributed by atoms with E-state index < -0.39 is 0 Å². The monoisotopic (exact) mass is 194 g/mol. The summed E-state index contributed by atoms with van der Waals surface area (Å²) in [7, 11) is 0. The van der Waals surface area contributed by atoms with Gasteiger partial charge in [0.15, 0.2) is 0 Å². The van der Waals surface area contributed by atoms with Crippen LogP contribution in [0.1, 0.15) is 12.0 Å². The van der Waals surface area contributed by atoms with Crippen LogP contribution < -0.4 is 5.56 Å². The number of nitriles is 1. The van der Waals surface area contributed by atoms with Gasteiger partial charge in [-0.1, -0.05) is 0 Å². The van der Waals surface area contributed by atoms with Crippen molar-refractivity contribution in [2.45, 2.75) is 13.0 Å². The highest BCUT2D eigenvalue weighted by Crippen LogP contribution is 1.92. The van der Waals surface area contributed by atoms with Crippen molar-refractivity contribution in [3.8, 4) is 6.07 Å². The summed E-state index contributed by atoms with van der Waals surface area (Å²) >= 11 is 4.05. The lowest BCUT2D eigenvalue weighted by molar-refractivity contribution is 0.658. The van der Waals surface area contributed by atoms with Crippen LogP contribution in [0.3, 0.4) is 0 Å². The molecular formula is C9H10N2OS. The van der Waals surface area contributed by atoms with Gasteiger partial charge in [0, 0.05) is 12.7 Å². The maximum atomic E-state index is 11.4. The van der Waals surface area contributed by atoms with Gasteiger partial charge in [-0.3, -0.25) is 4.79 Å². The largest absolute Gasteiger partial charge is 0.314 e. The number of hydrogen-bond acceptors (Lipinski definition) is 3. The van der Waals surface area contributed by atoms with Crippen molar-refractivity contribution in [3.05, 3.63) is 34.2 Å². The third-order valence-electron chi connectivity index (χ3n) is 1.70. The second kappa shape index (κ2) is 4.73. The third kappa shape index (κ3) is 2.36. The standard InChI is InChI=1S/C9H10N2OS/c10-7-8-3-1-4-11(9(8)12)5-2-6-13/h1,3-4,13H,2,5-6H2. The quantitative estimate of drug-likeness (QED) is 0.731. The molecule has 0 atom stereocenters. The van der Waals surface area contributed by atoms with Crippen LogP contribution in [0.4, 0.5) is 0 Å². The minimum absolute atomic E-state index is 0.196. The number of hydrogen-bond donors (Lipinski definition) is 1. The van der Waals surface area contributed by atoms with E-state index in [1.165, 1.54) is 10.6 Å². The van der Waals surface area contributed by atoms with Gasteiger partial charge in [-0.05, 0) is 24.3 Å². The van der Waals surface area contributed by atoms with E-state index in [2.05, 4.69) is 12.6 Å². The van der Waals surface area contributed by atoms with Gasteiger partial charge in [0.05, 0.1) is 0 Å². The number of aryl methyl sites for hydroxylation is 1. The normalized spacial score (nSPS) is 9.54. The average molecular weight is 194 g/mol. The van der Waals surface area contributed by atoms with E-state index in [1.54, 1.807) is 12.3 Å². The summed E-state index contributed by atoms with van der Waals surface area (Å²) in [6.45, 7) is 0.623. The Hall–Kier alpha value is -1.21. The Balaban J connectivity index is 2.97. The van der Waals surface area contributed by atoms with Crippen LogP contribution in [0, 0.1) is 11.3 Å². The van der Waals surface area contributed by atoms with E-state index in [4.69, 9.17) is 5.26 Å². The van der Waals surface area contributed by atoms with Gasteiger partial charge in [0.1, 0.15) is 11.6 Å². The molecule has 1 heterocycles. The van der Waals surface area contributed by atoms with Crippen molar-refractivity contribution in [1.82, 2.24) is 4.57 Å². The summed E-state index contributed by atoms with van der Waals surface area (Å²) in [5, 5.41) is 8.59. The van der Waals surface area contributed by atoms with E-state index in [0.717, 1.165) is 12.2 Å². The SMILES string of the molecule is N#Cc1cccn(CCCS)c1=O.